The lowest BCUT2D eigenvalue weighted by Crippen LogP contribution is -1.90. The molecule has 1 aromatic heterocycles. The van der Waals surface area contributed by atoms with E-state index in [1.807, 2.05) is 6.21 Å². The molecule has 0 saturated carbocycles. The van der Waals surface area contributed by atoms with Gasteiger partial charge in [0.25, 0.3) is 0 Å². The van der Waals surface area contributed by atoms with Crippen LogP contribution in [0.5, 0.6) is 0 Å². The Kier molecular flexibility index (Phi) is 2.25. The number of aromatic nitrogens is 3. The highest BCUT2D eigenvalue weighted by Crippen LogP contribution is 2.22. The first-order chi connectivity index (χ1) is 7.92. The average Bonchev–Trinajstić information content (AvgIpc) is 2.97. The number of fused-ring (bicyclic) bond motifs is 1. The van der Waals surface area contributed by atoms with Crippen molar-refractivity contribution in [3.8, 4) is 0 Å². The fraction of sp³-hybridized carbons (Fsp3) is 0.250. The Balaban J connectivity index is 1.85. The minimum atomic E-state index is 1.13. The summed E-state index contributed by atoms with van der Waals surface area (Å²) in [4.78, 5) is 0. The number of hydrogen-bond acceptors (Lipinski definition) is 3. The fourth-order valence-electron chi connectivity index (χ4n) is 2.06. The molecule has 3 rings (SSSR count). The zero-order valence-corrected chi connectivity index (χ0v) is 8.87. The number of hydrogen-bond donors (Lipinski definition) is 0. The topological polar surface area (TPSA) is 43.1 Å². The van der Waals surface area contributed by atoms with Crippen LogP contribution in [-0.4, -0.2) is 21.1 Å². The van der Waals surface area contributed by atoms with Gasteiger partial charge < -0.3 is 0 Å². The quantitative estimate of drug-likeness (QED) is 0.710. The molecule has 0 atom stereocenters. The van der Waals surface area contributed by atoms with Crippen LogP contribution in [0.2, 0.25) is 0 Å². The van der Waals surface area contributed by atoms with Gasteiger partial charge in [-0.2, -0.15) is 5.10 Å². The second-order valence-corrected chi connectivity index (χ2v) is 3.97. The van der Waals surface area contributed by atoms with Crippen LogP contribution in [0.25, 0.3) is 0 Å². The molecule has 1 aliphatic carbocycles. The van der Waals surface area contributed by atoms with E-state index in [2.05, 4.69) is 33.5 Å². The lowest BCUT2D eigenvalue weighted by atomic mass is 10.1. The highest BCUT2D eigenvalue weighted by Gasteiger charge is 2.09. The largest absolute Gasteiger partial charge is 0.208 e. The normalized spacial score (nSPS) is 14.5. The number of benzene rings is 1. The Labute approximate surface area is 93.6 Å². The summed E-state index contributed by atoms with van der Waals surface area (Å²) in [6.45, 7) is 0. The minimum Gasteiger partial charge on any atom is -0.208 e. The van der Waals surface area contributed by atoms with Gasteiger partial charge in [-0.3, -0.25) is 0 Å². The summed E-state index contributed by atoms with van der Waals surface area (Å²) in [6, 6.07) is 6.53. The van der Waals surface area contributed by atoms with Gasteiger partial charge in [-0.1, -0.05) is 12.1 Å². The van der Waals surface area contributed by atoms with Crippen LogP contribution in [0.4, 0.5) is 0 Å². The average molecular weight is 212 g/mol. The second-order valence-electron chi connectivity index (χ2n) is 3.97. The van der Waals surface area contributed by atoms with E-state index in [1.165, 1.54) is 30.4 Å². The highest BCUT2D eigenvalue weighted by molar-refractivity contribution is 5.80. The lowest BCUT2D eigenvalue weighted by Gasteiger charge is -1.99. The molecule has 2 aromatic rings. The monoisotopic (exact) mass is 212 g/mol. The summed E-state index contributed by atoms with van der Waals surface area (Å²) in [6.07, 6.45) is 8.68. The van der Waals surface area contributed by atoms with E-state index in [9.17, 15) is 0 Å². The molecule has 0 N–H and O–H groups in total. The molecule has 0 amide bonds. The third-order valence-corrected chi connectivity index (χ3v) is 2.87. The predicted octanol–water partition coefficient (Wildman–Crippen LogP) is 1.65. The Hall–Kier alpha value is -1.97. The molecule has 0 saturated heterocycles. The van der Waals surface area contributed by atoms with E-state index < -0.39 is 0 Å². The summed E-state index contributed by atoms with van der Waals surface area (Å²) < 4.78 is 1.59. The van der Waals surface area contributed by atoms with Gasteiger partial charge >= 0.3 is 0 Å². The molecule has 1 aromatic carbocycles. The Morgan fingerprint density at radius 3 is 2.81 bits per heavy atom. The summed E-state index contributed by atoms with van der Waals surface area (Å²) in [5.41, 5.74) is 4.09. The first-order valence-electron chi connectivity index (χ1n) is 5.42. The number of rotatable bonds is 2. The first kappa shape index (κ1) is 9.27. The maximum Gasteiger partial charge on any atom is 0.141 e. The van der Waals surface area contributed by atoms with Crippen LogP contribution in [-0.2, 0) is 12.8 Å². The third kappa shape index (κ3) is 1.74. The molecule has 0 unspecified atom stereocenters. The number of aryl methyl sites for hydroxylation is 2. The van der Waals surface area contributed by atoms with Gasteiger partial charge in [0.2, 0.25) is 0 Å². The number of nitrogens with zero attached hydrogens (tertiary/aromatic N) is 4. The van der Waals surface area contributed by atoms with Crippen molar-refractivity contribution in [1.29, 1.82) is 0 Å². The second kappa shape index (κ2) is 3.89. The predicted molar refractivity (Wildman–Crippen MR) is 61.5 cm³/mol. The van der Waals surface area contributed by atoms with Crippen molar-refractivity contribution < 1.29 is 0 Å². The van der Waals surface area contributed by atoms with E-state index in [-0.39, 0.29) is 0 Å². The SMILES string of the molecule is C(=N/n1cnnc1)/c1ccc2c(c1)CCC2. The zero-order chi connectivity index (χ0) is 10.8. The molecular formula is C12H12N4. The van der Waals surface area contributed by atoms with Crippen molar-refractivity contribution in [3.63, 3.8) is 0 Å². The smallest absolute Gasteiger partial charge is 0.141 e. The molecule has 0 bridgehead atoms. The highest BCUT2D eigenvalue weighted by atomic mass is 15.4. The van der Waals surface area contributed by atoms with Crippen LogP contribution in [0.15, 0.2) is 36.0 Å². The van der Waals surface area contributed by atoms with Gasteiger partial charge in [0, 0.05) is 0 Å². The van der Waals surface area contributed by atoms with Crippen LogP contribution in [0.3, 0.4) is 0 Å². The molecule has 1 heterocycles. The Morgan fingerprint density at radius 1 is 1.12 bits per heavy atom. The van der Waals surface area contributed by atoms with Gasteiger partial charge in [0.1, 0.15) is 12.7 Å². The van der Waals surface area contributed by atoms with Crippen molar-refractivity contribution in [1.82, 2.24) is 14.9 Å². The Morgan fingerprint density at radius 2 is 1.94 bits per heavy atom. The van der Waals surface area contributed by atoms with E-state index in [0.29, 0.717) is 0 Å². The van der Waals surface area contributed by atoms with Crippen molar-refractivity contribution in [2.75, 3.05) is 0 Å². The molecule has 0 fully saturated rings. The fourth-order valence-corrected chi connectivity index (χ4v) is 2.06. The van der Waals surface area contributed by atoms with Crippen LogP contribution in [0.1, 0.15) is 23.1 Å². The summed E-state index contributed by atoms with van der Waals surface area (Å²) in [5, 5.41) is 11.6. The first-order valence-corrected chi connectivity index (χ1v) is 5.42. The summed E-state index contributed by atoms with van der Waals surface area (Å²) in [7, 11) is 0. The van der Waals surface area contributed by atoms with Gasteiger partial charge in [-0.15, -0.1) is 10.2 Å². The van der Waals surface area contributed by atoms with Crippen LogP contribution in [0, 0.1) is 0 Å². The molecule has 0 aliphatic heterocycles. The molecule has 4 nitrogen and oxygen atoms in total. The van der Waals surface area contributed by atoms with Crippen LogP contribution < -0.4 is 0 Å². The van der Waals surface area contributed by atoms with Crippen molar-refractivity contribution in [2.45, 2.75) is 19.3 Å². The zero-order valence-electron chi connectivity index (χ0n) is 8.87. The Bertz CT molecular complexity index is 514. The van der Waals surface area contributed by atoms with Gasteiger partial charge in [-0.25, -0.2) is 4.68 Å². The van der Waals surface area contributed by atoms with Crippen molar-refractivity contribution >= 4 is 6.21 Å². The third-order valence-electron chi connectivity index (χ3n) is 2.87. The summed E-state index contributed by atoms with van der Waals surface area (Å²) in [5.74, 6) is 0. The minimum absolute atomic E-state index is 1.13. The molecule has 1 aliphatic rings. The van der Waals surface area contributed by atoms with Gasteiger partial charge in [0.05, 0.1) is 6.21 Å². The van der Waals surface area contributed by atoms with E-state index >= 15 is 0 Å². The molecule has 4 heteroatoms. The van der Waals surface area contributed by atoms with Crippen LogP contribution >= 0.6 is 0 Å². The van der Waals surface area contributed by atoms with Crippen molar-refractivity contribution in [2.24, 2.45) is 5.10 Å². The molecule has 16 heavy (non-hydrogen) atoms. The van der Waals surface area contributed by atoms with Gasteiger partial charge in [-0.05, 0) is 42.0 Å². The van der Waals surface area contributed by atoms with Gasteiger partial charge in [0.15, 0.2) is 0 Å². The lowest BCUT2D eigenvalue weighted by molar-refractivity contribution is 0.878. The molecule has 80 valence electrons. The van der Waals surface area contributed by atoms with E-state index in [4.69, 9.17) is 0 Å². The van der Waals surface area contributed by atoms with Crippen molar-refractivity contribution in [3.05, 3.63) is 47.5 Å². The maximum absolute atomic E-state index is 4.23. The maximum atomic E-state index is 4.23. The molecule has 0 radical (unpaired) electrons. The molecular weight excluding hydrogens is 200 g/mol. The van der Waals surface area contributed by atoms with E-state index in [0.717, 1.165) is 5.56 Å². The van der Waals surface area contributed by atoms with E-state index in [1.54, 1.807) is 17.3 Å². The standard InChI is InChI=1S/C12H12N4/c1-2-11-5-4-10(6-12(11)3-1)7-15-16-8-13-14-9-16/h4-9H,1-3H2/b15-7-. The molecule has 0 spiro atoms. The summed E-state index contributed by atoms with van der Waals surface area (Å²) >= 11 is 0.